The van der Waals surface area contributed by atoms with Crippen LogP contribution < -0.4 is 5.32 Å². The molecule has 0 amide bonds. The van der Waals surface area contributed by atoms with Crippen molar-refractivity contribution < 1.29 is 0 Å². The fourth-order valence-electron chi connectivity index (χ4n) is 3.01. The highest BCUT2D eigenvalue weighted by atomic mass is 15.2. The lowest BCUT2D eigenvalue weighted by Crippen LogP contribution is -2.28. The zero-order chi connectivity index (χ0) is 13.8. The molecule has 0 aromatic heterocycles. The smallest absolute Gasteiger partial charge is 0.0403 e. The van der Waals surface area contributed by atoms with E-state index in [1.165, 1.54) is 17.7 Å². The minimum atomic E-state index is 0.552. The molecule has 2 unspecified atom stereocenters. The Morgan fingerprint density at radius 3 is 2.35 bits per heavy atom. The van der Waals surface area contributed by atoms with Gasteiger partial charge in [-0.05, 0) is 31.0 Å². The third kappa shape index (κ3) is 3.20. The minimum Gasteiger partial charge on any atom is -0.381 e. The van der Waals surface area contributed by atoms with Gasteiger partial charge < -0.3 is 5.32 Å². The Labute approximate surface area is 121 Å². The van der Waals surface area contributed by atoms with E-state index in [1.807, 2.05) is 0 Å². The van der Waals surface area contributed by atoms with Crippen LogP contribution in [0.5, 0.6) is 0 Å². The molecule has 0 saturated carbocycles. The van der Waals surface area contributed by atoms with Gasteiger partial charge in [-0.3, -0.25) is 4.90 Å². The van der Waals surface area contributed by atoms with Gasteiger partial charge in [0.1, 0.15) is 0 Å². The van der Waals surface area contributed by atoms with Crippen molar-refractivity contribution in [3.8, 4) is 0 Å². The Hall–Kier alpha value is -1.80. The SMILES string of the molecule is CC1CC(Nc2ccccc2)CN1Cc1ccccc1. The van der Waals surface area contributed by atoms with E-state index in [2.05, 4.69) is 77.8 Å². The summed E-state index contributed by atoms with van der Waals surface area (Å²) in [6, 6.07) is 22.5. The first-order chi connectivity index (χ1) is 9.81. The van der Waals surface area contributed by atoms with Crippen molar-refractivity contribution in [1.82, 2.24) is 4.90 Å². The fraction of sp³-hybridized carbons (Fsp3) is 0.333. The molecule has 2 atom stereocenters. The normalized spacial score (nSPS) is 22.9. The van der Waals surface area contributed by atoms with Crippen LogP contribution in [-0.4, -0.2) is 23.5 Å². The molecule has 20 heavy (non-hydrogen) atoms. The lowest BCUT2D eigenvalue weighted by molar-refractivity contribution is 0.259. The third-order valence-corrected chi connectivity index (χ3v) is 4.08. The molecule has 2 nitrogen and oxygen atoms in total. The van der Waals surface area contributed by atoms with Gasteiger partial charge in [0.05, 0.1) is 0 Å². The predicted octanol–water partition coefficient (Wildman–Crippen LogP) is 3.76. The van der Waals surface area contributed by atoms with Crippen LogP contribution in [0.3, 0.4) is 0 Å². The van der Waals surface area contributed by atoms with Gasteiger partial charge >= 0.3 is 0 Å². The van der Waals surface area contributed by atoms with Gasteiger partial charge in [0.15, 0.2) is 0 Å². The molecule has 1 aliphatic rings. The third-order valence-electron chi connectivity index (χ3n) is 4.08. The molecule has 2 heteroatoms. The lowest BCUT2D eigenvalue weighted by atomic mass is 10.2. The second kappa shape index (κ2) is 6.10. The van der Waals surface area contributed by atoms with Crippen LogP contribution in [0.15, 0.2) is 60.7 Å². The Morgan fingerprint density at radius 2 is 1.65 bits per heavy atom. The number of hydrogen-bond acceptors (Lipinski definition) is 2. The number of rotatable bonds is 4. The molecular weight excluding hydrogens is 244 g/mol. The highest BCUT2D eigenvalue weighted by Crippen LogP contribution is 2.23. The van der Waals surface area contributed by atoms with E-state index >= 15 is 0 Å². The molecule has 0 bridgehead atoms. The quantitative estimate of drug-likeness (QED) is 0.906. The van der Waals surface area contributed by atoms with E-state index < -0.39 is 0 Å². The molecule has 1 heterocycles. The van der Waals surface area contributed by atoms with Crippen LogP contribution in [0.1, 0.15) is 18.9 Å². The topological polar surface area (TPSA) is 15.3 Å². The lowest BCUT2D eigenvalue weighted by Gasteiger charge is -2.21. The molecule has 0 aliphatic carbocycles. The number of hydrogen-bond donors (Lipinski definition) is 1. The summed E-state index contributed by atoms with van der Waals surface area (Å²) in [5.41, 5.74) is 2.63. The molecule has 1 N–H and O–H groups in total. The predicted molar refractivity (Wildman–Crippen MR) is 84.8 cm³/mol. The first-order valence-corrected chi connectivity index (χ1v) is 7.41. The van der Waals surface area contributed by atoms with E-state index in [9.17, 15) is 0 Å². The molecule has 2 aromatic carbocycles. The summed E-state index contributed by atoms with van der Waals surface area (Å²) in [7, 11) is 0. The number of nitrogens with one attached hydrogen (secondary N) is 1. The number of benzene rings is 2. The van der Waals surface area contributed by atoms with Gasteiger partial charge in [-0.25, -0.2) is 0 Å². The van der Waals surface area contributed by atoms with Crippen molar-refractivity contribution in [3.05, 3.63) is 66.2 Å². The molecule has 104 valence electrons. The Morgan fingerprint density at radius 1 is 1.00 bits per heavy atom. The Balaban J connectivity index is 1.59. The zero-order valence-electron chi connectivity index (χ0n) is 12.0. The monoisotopic (exact) mass is 266 g/mol. The van der Waals surface area contributed by atoms with Crippen molar-refractivity contribution in [3.63, 3.8) is 0 Å². The summed E-state index contributed by atoms with van der Waals surface area (Å²) in [4.78, 5) is 2.57. The van der Waals surface area contributed by atoms with Crippen molar-refractivity contribution >= 4 is 5.69 Å². The van der Waals surface area contributed by atoms with Crippen LogP contribution in [0.25, 0.3) is 0 Å². The number of anilines is 1. The molecular formula is C18H22N2. The number of para-hydroxylation sites is 1. The van der Waals surface area contributed by atoms with Crippen LogP contribution in [0, 0.1) is 0 Å². The molecule has 1 aliphatic heterocycles. The van der Waals surface area contributed by atoms with Crippen LogP contribution >= 0.6 is 0 Å². The van der Waals surface area contributed by atoms with Crippen molar-refractivity contribution in [2.75, 3.05) is 11.9 Å². The summed E-state index contributed by atoms with van der Waals surface area (Å²) in [6.45, 7) is 4.50. The standard InChI is InChI=1S/C18H22N2/c1-15-12-18(19-17-10-6-3-7-11-17)14-20(15)13-16-8-4-2-5-9-16/h2-11,15,18-19H,12-14H2,1H3. The van der Waals surface area contributed by atoms with Gasteiger partial charge in [-0.15, -0.1) is 0 Å². The first kappa shape index (κ1) is 13.2. The molecule has 0 spiro atoms. The maximum absolute atomic E-state index is 3.65. The summed E-state index contributed by atoms with van der Waals surface area (Å²) < 4.78 is 0. The second-order valence-electron chi connectivity index (χ2n) is 5.71. The maximum Gasteiger partial charge on any atom is 0.0403 e. The van der Waals surface area contributed by atoms with Crippen LogP contribution in [0.4, 0.5) is 5.69 Å². The van der Waals surface area contributed by atoms with Gasteiger partial charge in [0.25, 0.3) is 0 Å². The maximum atomic E-state index is 3.65. The Bertz CT molecular complexity index is 524. The summed E-state index contributed by atoms with van der Waals surface area (Å²) in [6.07, 6.45) is 1.21. The highest BCUT2D eigenvalue weighted by Gasteiger charge is 2.28. The van der Waals surface area contributed by atoms with Gasteiger partial charge in [-0.1, -0.05) is 48.5 Å². The van der Waals surface area contributed by atoms with Crippen molar-refractivity contribution in [2.45, 2.75) is 32.0 Å². The van der Waals surface area contributed by atoms with E-state index in [0.717, 1.165) is 13.1 Å². The average molecular weight is 266 g/mol. The van der Waals surface area contributed by atoms with Crippen molar-refractivity contribution in [1.29, 1.82) is 0 Å². The summed E-state index contributed by atoms with van der Waals surface area (Å²) in [5, 5.41) is 3.65. The molecule has 1 saturated heterocycles. The van der Waals surface area contributed by atoms with E-state index in [4.69, 9.17) is 0 Å². The largest absolute Gasteiger partial charge is 0.381 e. The van der Waals surface area contributed by atoms with Gasteiger partial charge in [0, 0.05) is 30.9 Å². The number of nitrogens with zero attached hydrogens (tertiary/aromatic N) is 1. The molecule has 0 radical (unpaired) electrons. The first-order valence-electron chi connectivity index (χ1n) is 7.41. The summed E-state index contributed by atoms with van der Waals surface area (Å²) >= 11 is 0. The fourth-order valence-corrected chi connectivity index (χ4v) is 3.01. The molecule has 3 rings (SSSR count). The van der Waals surface area contributed by atoms with Crippen molar-refractivity contribution in [2.24, 2.45) is 0 Å². The van der Waals surface area contributed by atoms with E-state index in [0.29, 0.717) is 12.1 Å². The van der Waals surface area contributed by atoms with Crippen LogP contribution in [0.2, 0.25) is 0 Å². The van der Waals surface area contributed by atoms with E-state index in [1.54, 1.807) is 0 Å². The van der Waals surface area contributed by atoms with Gasteiger partial charge in [0.2, 0.25) is 0 Å². The van der Waals surface area contributed by atoms with E-state index in [-0.39, 0.29) is 0 Å². The van der Waals surface area contributed by atoms with Gasteiger partial charge in [-0.2, -0.15) is 0 Å². The summed E-state index contributed by atoms with van der Waals surface area (Å²) in [5.74, 6) is 0. The minimum absolute atomic E-state index is 0.552. The number of likely N-dealkylation sites (tertiary alicyclic amines) is 1. The zero-order valence-corrected chi connectivity index (χ0v) is 12.0. The molecule has 1 fully saturated rings. The van der Waals surface area contributed by atoms with Crippen LogP contribution in [-0.2, 0) is 6.54 Å². The average Bonchev–Trinajstić information content (AvgIpc) is 2.81. The molecule has 2 aromatic rings. The highest BCUT2D eigenvalue weighted by molar-refractivity contribution is 5.43. The second-order valence-corrected chi connectivity index (χ2v) is 5.71. The Kier molecular flexibility index (Phi) is 4.03.